The van der Waals surface area contributed by atoms with E-state index in [1.54, 1.807) is 14.2 Å². The molecule has 0 aliphatic heterocycles. The number of hydrogen-bond donors (Lipinski definition) is 3. The number of benzene rings is 1. The molecule has 0 aliphatic carbocycles. The van der Waals surface area contributed by atoms with Crippen LogP contribution >= 0.6 is 12.6 Å². The predicted octanol–water partition coefficient (Wildman–Crippen LogP) is 2.45. The van der Waals surface area contributed by atoms with Gasteiger partial charge in [0.15, 0.2) is 0 Å². The van der Waals surface area contributed by atoms with Crippen molar-refractivity contribution < 1.29 is 14.3 Å². The van der Waals surface area contributed by atoms with Gasteiger partial charge in [-0.2, -0.15) is 12.6 Å². The van der Waals surface area contributed by atoms with E-state index in [1.807, 2.05) is 31.2 Å². The van der Waals surface area contributed by atoms with Gasteiger partial charge in [0.05, 0.1) is 7.11 Å². The van der Waals surface area contributed by atoms with Crippen LogP contribution in [0.1, 0.15) is 32.8 Å². The summed E-state index contributed by atoms with van der Waals surface area (Å²) in [7, 11) is 3.18. The van der Waals surface area contributed by atoms with Gasteiger partial charge in [-0.3, -0.25) is 9.59 Å². The first-order valence-corrected chi connectivity index (χ1v) is 9.13. The van der Waals surface area contributed by atoms with Crippen LogP contribution in [0.3, 0.4) is 0 Å². The summed E-state index contributed by atoms with van der Waals surface area (Å²) in [6, 6.07) is 6.86. The van der Waals surface area contributed by atoms with Gasteiger partial charge in [0.1, 0.15) is 11.8 Å². The number of amides is 2. The number of methoxy groups -OCH3 is 1. The van der Waals surface area contributed by atoms with E-state index in [2.05, 4.69) is 37.1 Å². The van der Waals surface area contributed by atoms with E-state index < -0.39 is 6.04 Å². The zero-order chi connectivity index (χ0) is 19.0. The molecule has 3 atom stereocenters. The molecule has 2 amide bonds. The molecule has 0 aliphatic rings. The normalized spacial score (nSPS) is 14.5. The largest absolute Gasteiger partial charge is 0.497 e. The maximum atomic E-state index is 12.7. The highest BCUT2D eigenvalue weighted by Gasteiger charge is 2.28. The SMILES string of the molecule is CNC(=O)[C@H](Cc1ccc(OC)cc1)NC(=O)C(CC(C)C)C(C)S. The first-order valence-electron chi connectivity index (χ1n) is 8.61. The number of hydrogen-bond acceptors (Lipinski definition) is 4. The minimum atomic E-state index is -0.618. The summed E-state index contributed by atoms with van der Waals surface area (Å²) in [5.74, 6) is 0.569. The lowest BCUT2D eigenvalue weighted by molar-refractivity contribution is -0.131. The Hall–Kier alpha value is -1.69. The first kappa shape index (κ1) is 21.4. The van der Waals surface area contributed by atoms with Crippen molar-refractivity contribution in [3.05, 3.63) is 29.8 Å². The van der Waals surface area contributed by atoms with E-state index in [4.69, 9.17) is 4.74 Å². The molecule has 0 heterocycles. The summed E-state index contributed by atoms with van der Waals surface area (Å²) in [4.78, 5) is 24.9. The third kappa shape index (κ3) is 6.98. The molecule has 0 saturated heterocycles. The Kier molecular flexibility index (Phi) is 8.83. The van der Waals surface area contributed by atoms with Gasteiger partial charge >= 0.3 is 0 Å². The summed E-state index contributed by atoms with van der Waals surface area (Å²) >= 11 is 4.45. The average Bonchev–Trinajstić information content (AvgIpc) is 2.58. The zero-order valence-corrected chi connectivity index (χ0v) is 16.6. The van der Waals surface area contributed by atoms with Crippen molar-refractivity contribution in [2.24, 2.45) is 11.8 Å². The minimum absolute atomic E-state index is 0.0753. The Morgan fingerprint density at radius 1 is 1.12 bits per heavy atom. The molecule has 0 spiro atoms. The molecule has 6 heteroatoms. The van der Waals surface area contributed by atoms with E-state index in [9.17, 15) is 9.59 Å². The topological polar surface area (TPSA) is 67.4 Å². The molecular formula is C19H30N2O3S. The molecule has 25 heavy (non-hydrogen) atoms. The second-order valence-corrected chi connectivity index (χ2v) is 7.52. The van der Waals surface area contributed by atoms with Crippen LogP contribution in [0.5, 0.6) is 5.75 Å². The molecule has 0 saturated carbocycles. The number of nitrogens with one attached hydrogen (secondary N) is 2. The second kappa shape index (κ2) is 10.3. The number of thiol groups is 1. The van der Waals surface area contributed by atoms with Crippen LogP contribution in [0.15, 0.2) is 24.3 Å². The van der Waals surface area contributed by atoms with Gasteiger partial charge in [0.2, 0.25) is 11.8 Å². The Labute approximate surface area is 156 Å². The van der Waals surface area contributed by atoms with Gasteiger partial charge < -0.3 is 15.4 Å². The molecule has 1 rings (SSSR count). The van der Waals surface area contributed by atoms with Gasteiger partial charge in [0, 0.05) is 24.6 Å². The van der Waals surface area contributed by atoms with E-state index in [-0.39, 0.29) is 23.0 Å². The molecule has 0 bridgehead atoms. The van der Waals surface area contributed by atoms with Crippen molar-refractivity contribution in [1.82, 2.24) is 10.6 Å². The van der Waals surface area contributed by atoms with Crippen molar-refractivity contribution >= 4 is 24.4 Å². The third-order valence-electron chi connectivity index (χ3n) is 4.12. The Morgan fingerprint density at radius 3 is 2.16 bits per heavy atom. The summed E-state index contributed by atoms with van der Waals surface area (Å²) in [6.07, 6.45) is 1.16. The van der Waals surface area contributed by atoms with Gasteiger partial charge in [0.25, 0.3) is 0 Å². The average molecular weight is 367 g/mol. The van der Waals surface area contributed by atoms with Crippen LogP contribution in [-0.4, -0.2) is 37.3 Å². The summed E-state index contributed by atoms with van der Waals surface area (Å²) in [5.41, 5.74) is 0.953. The summed E-state index contributed by atoms with van der Waals surface area (Å²) in [6.45, 7) is 6.06. The number of carbonyl (C=O) groups excluding carboxylic acids is 2. The maximum absolute atomic E-state index is 12.7. The fraction of sp³-hybridized carbons (Fsp3) is 0.579. The molecule has 0 aromatic heterocycles. The van der Waals surface area contributed by atoms with Gasteiger partial charge in [-0.25, -0.2) is 0 Å². The fourth-order valence-electron chi connectivity index (χ4n) is 2.69. The second-order valence-electron chi connectivity index (χ2n) is 6.70. The molecule has 0 fully saturated rings. The van der Waals surface area contributed by atoms with Crippen LogP contribution in [-0.2, 0) is 16.0 Å². The number of ether oxygens (including phenoxy) is 1. The quantitative estimate of drug-likeness (QED) is 0.588. The molecule has 140 valence electrons. The van der Waals surface area contributed by atoms with Gasteiger partial charge in [-0.15, -0.1) is 0 Å². The number of likely N-dealkylation sites (N-methyl/N-ethyl adjacent to an activating group) is 1. The van der Waals surface area contributed by atoms with E-state index in [0.29, 0.717) is 12.3 Å². The Morgan fingerprint density at radius 2 is 1.72 bits per heavy atom. The molecule has 5 nitrogen and oxygen atoms in total. The smallest absolute Gasteiger partial charge is 0.242 e. The van der Waals surface area contributed by atoms with E-state index >= 15 is 0 Å². The zero-order valence-electron chi connectivity index (χ0n) is 15.7. The standard InChI is InChI=1S/C19H30N2O3S/c1-12(2)10-16(13(3)25)18(22)21-17(19(23)20-4)11-14-6-8-15(24-5)9-7-14/h6-9,12-13,16-17,25H,10-11H2,1-5H3,(H,20,23)(H,21,22)/t13?,16?,17-/m0/s1. The van der Waals surface area contributed by atoms with Crippen LogP contribution in [0.25, 0.3) is 0 Å². The van der Waals surface area contributed by atoms with Crippen LogP contribution in [0, 0.1) is 11.8 Å². The van der Waals surface area contributed by atoms with Gasteiger partial charge in [-0.05, 0) is 30.0 Å². The molecule has 2 unspecified atom stereocenters. The highest BCUT2D eigenvalue weighted by atomic mass is 32.1. The first-order chi connectivity index (χ1) is 11.8. The minimum Gasteiger partial charge on any atom is -0.497 e. The molecule has 1 aromatic carbocycles. The molecule has 1 aromatic rings. The Balaban J connectivity index is 2.86. The van der Waals surface area contributed by atoms with Gasteiger partial charge in [-0.1, -0.05) is 32.9 Å². The lowest BCUT2D eigenvalue weighted by atomic mass is 9.93. The highest BCUT2D eigenvalue weighted by Crippen LogP contribution is 2.20. The lowest BCUT2D eigenvalue weighted by Gasteiger charge is -2.25. The number of carbonyl (C=O) groups is 2. The van der Waals surface area contributed by atoms with E-state index in [1.165, 1.54) is 0 Å². The predicted molar refractivity (Wildman–Crippen MR) is 104 cm³/mol. The maximum Gasteiger partial charge on any atom is 0.242 e. The summed E-state index contributed by atoms with van der Waals surface area (Å²) < 4.78 is 5.14. The van der Waals surface area contributed by atoms with Crippen molar-refractivity contribution in [1.29, 1.82) is 0 Å². The molecule has 0 radical (unpaired) electrons. The van der Waals surface area contributed by atoms with Crippen molar-refractivity contribution in [3.63, 3.8) is 0 Å². The van der Waals surface area contributed by atoms with Crippen molar-refractivity contribution in [2.75, 3.05) is 14.2 Å². The lowest BCUT2D eigenvalue weighted by Crippen LogP contribution is -2.50. The molecular weight excluding hydrogens is 336 g/mol. The van der Waals surface area contributed by atoms with Crippen LogP contribution in [0.4, 0.5) is 0 Å². The Bertz CT molecular complexity index is 558. The van der Waals surface area contributed by atoms with E-state index in [0.717, 1.165) is 17.7 Å². The third-order valence-corrected chi connectivity index (χ3v) is 4.48. The highest BCUT2D eigenvalue weighted by molar-refractivity contribution is 7.81. The fourth-order valence-corrected chi connectivity index (χ4v) is 2.95. The summed E-state index contributed by atoms with van der Waals surface area (Å²) in [5, 5.41) is 5.45. The number of rotatable bonds is 9. The van der Waals surface area contributed by atoms with Crippen molar-refractivity contribution in [3.8, 4) is 5.75 Å². The van der Waals surface area contributed by atoms with Crippen LogP contribution < -0.4 is 15.4 Å². The van der Waals surface area contributed by atoms with Crippen LogP contribution in [0.2, 0.25) is 0 Å². The monoisotopic (exact) mass is 366 g/mol. The van der Waals surface area contributed by atoms with Crippen molar-refractivity contribution in [2.45, 2.75) is 44.9 Å². The molecule has 2 N–H and O–H groups in total.